The van der Waals surface area contributed by atoms with Crippen molar-refractivity contribution < 1.29 is 14.7 Å². The fraction of sp³-hybridized carbons (Fsp3) is 0.600. The Bertz CT molecular complexity index is 302. The SMILES string of the molecule is C=C(Br)CNC(=O)NC(CC(=O)O)C1CC1. The highest BCUT2D eigenvalue weighted by Gasteiger charge is 2.33. The number of carbonyl (C=O) groups is 2. The molecular weight excluding hydrogens is 276 g/mol. The van der Waals surface area contributed by atoms with Gasteiger partial charge in [-0.15, -0.1) is 0 Å². The molecule has 1 aliphatic carbocycles. The highest BCUT2D eigenvalue weighted by molar-refractivity contribution is 9.11. The van der Waals surface area contributed by atoms with Crippen LogP contribution in [0.1, 0.15) is 19.3 Å². The van der Waals surface area contributed by atoms with Crippen molar-refractivity contribution in [1.82, 2.24) is 10.6 Å². The fourth-order valence-electron chi connectivity index (χ4n) is 1.42. The number of rotatable bonds is 6. The minimum Gasteiger partial charge on any atom is -0.481 e. The minimum absolute atomic E-state index is 0.0205. The number of urea groups is 1. The second kappa shape index (κ2) is 5.89. The van der Waals surface area contributed by atoms with Gasteiger partial charge in [0.2, 0.25) is 0 Å². The quantitative estimate of drug-likeness (QED) is 0.693. The standard InChI is InChI=1S/C10H15BrN2O3/c1-6(11)5-12-10(16)13-8(4-9(14)15)7-2-3-7/h7-8H,1-5H2,(H,14,15)(H2,12,13,16). The van der Waals surface area contributed by atoms with Gasteiger partial charge >= 0.3 is 12.0 Å². The number of hydrogen-bond acceptors (Lipinski definition) is 2. The van der Waals surface area contributed by atoms with Crippen LogP contribution >= 0.6 is 15.9 Å². The van der Waals surface area contributed by atoms with Crippen molar-refractivity contribution in [2.45, 2.75) is 25.3 Å². The lowest BCUT2D eigenvalue weighted by molar-refractivity contribution is -0.137. The first kappa shape index (κ1) is 13.0. The maximum atomic E-state index is 11.4. The van der Waals surface area contributed by atoms with E-state index in [4.69, 9.17) is 5.11 Å². The van der Waals surface area contributed by atoms with Crippen molar-refractivity contribution in [2.75, 3.05) is 6.54 Å². The predicted octanol–water partition coefficient (Wildman–Crippen LogP) is 1.45. The summed E-state index contributed by atoms with van der Waals surface area (Å²) in [6, 6.07) is -0.611. The zero-order valence-electron chi connectivity index (χ0n) is 8.83. The summed E-state index contributed by atoms with van der Waals surface area (Å²) in [6.45, 7) is 3.91. The lowest BCUT2D eigenvalue weighted by atomic mass is 10.1. The van der Waals surface area contributed by atoms with Crippen molar-refractivity contribution in [3.05, 3.63) is 11.1 Å². The number of carboxylic acids is 1. The average molecular weight is 291 g/mol. The molecule has 0 aliphatic heterocycles. The first-order chi connectivity index (χ1) is 7.49. The van der Waals surface area contributed by atoms with E-state index in [0.717, 1.165) is 12.8 Å². The smallest absolute Gasteiger partial charge is 0.315 e. The molecule has 1 saturated carbocycles. The molecule has 3 N–H and O–H groups in total. The molecule has 0 aromatic rings. The van der Waals surface area contributed by atoms with Crippen molar-refractivity contribution in [1.29, 1.82) is 0 Å². The van der Waals surface area contributed by atoms with Gasteiger partial charge in [0, 0.05) is 10.5 Å². The summed E-state index contributed by atoms with van der Waals surface area (Å²) in [5, 5.41) is 14.0. The van der Waals surface area contributed by atoms with Gasteiger partial charge in [0.1, 0.15) is 0 Å². The average Bonchev–Trinajstić information content (AvgIpc) is 2.96. The van der Waals surface area contributed by atoms with E-state index in [9.17, 15) is 9.59 Å². The number of carboxylic acid groups (broad SMARTS) is 1. The molecular formula is C10H15BrN2O3. The largest absolute Gasteiger partial charge is 0.481 e. The molecule has 90 valence electrons. The summed E-state index contributed by atoms with van der Waals surface area (Å²) < 4.78 is 0.670. The van der Waals surface area contributed by atoms with E-state index < -0.39 is 5.97 Å². The Hall–Kier alpha value is -1.04. The van der Waals surface area contributed by atoms with Crippen LogP contribution in [0.15, 0.2) is 11.1 Å². The molecule has 0 bridgehead atoms. The molecule has 5 nitrogen and oxygen atoms in total. The van der Waals surface area contributed by atoms with Gasteiger partial charge in [-0.3, -0.25) is 4.79 Å². The van der Waals surface area contributed by atoms with Gasteiger partial charge in [-0.25, -0.2) is 4.79 Å². The van der Waals surface area contributed by atoms with Gasteiger partial charge in [0.15, 0.2) is 0 Å². The molecule has 16 heavy (non-hydrogen) atoms. The van der Waals surface area contributed by atoms with Gasteiger partial charge in [0.05, 0.1) is 13.0 Å². The van der Waals surface area contributed by atoms with Crippen LogP contribution in [0.3, 0.4) is 0 Å². The van der Waals surface area contributed by atoms with E-state index in [2.05, 4.69) is 33.1 Å². The Labute approximate surface area is 102 Å². The molecule has 6 heteroatoms. The normalized spacial score (nSPS) is 16.3. The molecule has 2 amide bonds. The zero-order chi connectivity index (χ0) is 12.1. The molecule has 1 aliphatic rings. The van der Waals surface area contributed by atoms with Crippen molar-refractivity contribution in [2.24, 2.45) is 5.92 Å². The van der Waals surface area contributed by atoms with E-state index in [1.807, 2.05) is 0 Å². The Kier molecular flexibility index (Phi) is 4.79. The van der Waals surface area contributed by atoms with Crippen LogP contribution in [0.4, 0.5) is 4.79 Å². The maximum Gasteiger partial charge on any atom is 0.315 e. The van der Waals surface area contributed by atoms with E-state index >= 15 is 0 Å². The number of nitrogens with one attached hydrogen (secondary N) is 2. The van der Waals surface area contributed by atoms with E-state index in [1.165, 1.54) is 0 Å². The maximum absolute atomic E-state index is 11.4. The van der Waals surface area contributed by atoms with Gasteiger partial charge in [0.25, 0.3) is 0 Å². The summed E-state index contributed by atoms with van der Waals surface area (Å²) in [5.41, 5.74) is 0. The van der Waals surface area contributed by atoms with E-state index in [1.54, 1.807) is 0 Å². The molecule has 0 spiro atoms. The highest BCUT2D eigenvalue weighted by Crippen LogP contribution is 2.33. The fourth-order valence-corrected chi connectivity index (χ4v) is 1.56. The highest BCUT2D eigenvalue weighted by atomic mass is 79.9. The number of hydrogen-bond donors (Lipinski definition) is 3. The van der Waals surface area contributed by atoms with Crippen LogP contribution in [0, 0.1) is 5.92 Å². The lowest BCUT2D eigenvalue weighted by Gasteiger charge is -2.16. The van der Waals surface area contributed by atoms with Gasteiger partial charge < -0.3 is 15.7 Å². The Morgan fingerprint density at radius 2 is 2.12 bits per heavy atom. The minimum atomic E-state index is -0.887. The zero-order valence-corrected chi connectivity index (χ0v) is 10.4. The molecule has 0 aromatic carbocycles. The van der Waals surface area contributed by atoms with Crippen LogP contribution in [0.2, 0.25) is 0 Å². The van der Waals surface area contributed by atoms with Crippen LogP contribution in [-0.4, -0.2) is 29.7 Å². The topological polar surface area (TPSA) is 78.4 Å². The molecule has 1 fully saturated rings. The summed E-state index contributed by atoms with van der Waals surface area (Å²) in [4.78, 5) is 22.0. The van der Waals surface area contributed by atoms with Crippen LogP contribution < -0.4 is 10.6 Å². The first-order valence-corrected chi connectivity index (χ1v) is 5.87. The van der Waals surface area contributed by atoms with Crippen LogP contribution in [-0.2, 0) is 4.79 Å². The van der Waals surface area contributed by atoms with Crippen molar-refractivity contribution in [3.63, 3.8) is 0 Å². The molecule has 1 atom stereocenters. The van der Waals surface area contributed by atoms with Gasteiger partial charge in [-0.05, 0) is 18.8 Å². The summed E-state index contributed by atoms with van der Waals surface area (Å²) in [5.74, 6) is -0.573. The molecule has 1 rings (SSSR count). The number of carbonyl (C=O) groups excluding carboxylic acids is 1. The molecule has 0 aromatic heterocycles. The lowest BCUT2D eigenvalue weighted by Crippen LogP contribution is -2.44. The number of aliphatic carboxylic acids is 1. The Morgan fingerprint density at radius 1 is 1.50 bits per heavy atom. The van der Waals surface area contributed by atoms with Gasteiger partial charge in [-0.1, -0.05) is 22.5 Å². The Balaban J connectivity index is 2.33. The van der Waals surface area contributed by atoms with Gasteiger partial charge in [-0.2, -0.15) is 0 Å². The van der Waals surface area contributed by atoms with Crippen LogP contribution in [0.25, 0.3) is 0 Å². The third-order valence-electron chi connectivity index (χ3n) is 2.34. The first-order valence-electron chi connectivity index (χ1n) is 5.08. The summed E-state index contributed by atoms with van der Waals surface area (Å²) in [7, 11) is 0. The third-order valence-corrected chi connectivity index (χ3v) is 2.62. The van der Waals surface area contributed by atoms with Crippen molar-refractivity contribution in [3.8, 4) is 0 Å². The molecule has 0 heterocycles. The Morgan fingerprint density at radius 3 is 2.56 bits per heavy atom. The molecule has 0 saturated heterocycles. The van der Waals surface area contributed by atoms with Crippen LogP contribution in [0.5, 0.6) is 0 Å². The number of amides is 2. The number of halogens is 1. The van der Waals surface area contributed by atoms with Crippen molar-refractivity contribution >= 4 is 27.9 Å². The van der Waals surface area contributed by atoms with E-state index in [0.29, 0.717) is 16.9 Å². The third kappa shape index (κ3) is 5.16. The molecule has 0 radical (unpaired) electrons. The predicted molar refractivity (Wildman–Crippen MR) is 63.4 cm³/mol. The summed E-state index contributed by atoms with van der Waals surface area (Å²) >= 11 is 3.12. The second-order valence-corrected chi connectivity index (χ2v) is 5.01. The molecule has 1 unspecified atom stereocenters. The summed E-state index contributed by atoms with van der Waals surface area (Å²) in [6.07, 6.45) is 1.96. The van der Waals surface area contributed by atoms with E-state index in [-0.39, 0.29) is 18.5 Å². The second-order valence-electron chi connectivity index (χ2n) is 3.89. The monoisotopic (exact) mass is 290 g/mol.